The van der Waals surface area contributed by atoms with E-state index in [-0.39, 0.29) is 17.8 Å². The number of carbonyl (C=O) groups is 1. The van der Waals surface area contributed by atoms with Gasteiger partial charge in [-0.2, -0.15) is 0 Å². The zero-order chi connectivity index (χ0) is 15.9. The fraction of sp³-hybridized carbons (Fsp3) is 0.235. The first-order valence-corrected chi connectivity index (χ1v) is 8.34. The third kappa shape index (κ3) is 5.35. The van der Waals surface area contributed by atoms with Crippen molar-refractivity contribution in [3.63, 3.8) is 0 Å². The number of nitrogens with one attached hydrogen (secondary N) is 1. The van der Waals surface area contributed by atoms with Crippen LogP contribution in [0.2, 0.25) is 5.02 Å². The van der Waals surface area contributed by atoms with Gasteiger partial charge in [-0.05, 0) is 48.9 Å². The van der Waals surface area contributed by atoms with Crippen molar-refractivity contribution < 1.29 is 9.18 Å². The Morgan fingerprint density at radius 2 is 1.82 bits per heavy atom. The summed E-state index contributed by atoms with van der Waals surface area (Å²) in [6, 6.07) is 13.6. The van der Waals surface area contributed by atoms with Gasteiger partial charge in [-0.25, -0.2) is 4.39 Å². The summed E-state index contributed by atoms with van der Waals surface area (Å²) in [5, 5.41) is 3.62. The molecule has 1 N–H and O–H groups in total. The van der Waals surface area contributed by atoms with Crippen molar-refractivity contribution in [2.75, 3.05) is 5.75 Å². The third-order valence-electron chi connectivity index (χ3n) is 3.16. The van der Waals surface area contributed by atoms with E-state index in [9.17, 15) is 9.18 Å². The summed E-state index contributed by atoms with van der Waals surface area (Å²) in [7, 11) is 0. The summed E-state index contributed by atoms with van der Waals surface area (Å²) in [6.45, 7) is 1.89. The maximum atomic E-state index is 12.9. The van der Waals surface area contributed by atoms with E-state index in [0.29, 0.717) is 17.2 Å². The normalized spacial score (nSPS) is 12.0. The van der Waals surface area contributed by atoms with Gasteiger partial charge in [-0.1, -0.05) is 23.7 Å². The van der Waals surface area contributed by atoms with E-state index in [2.05, 4.69) is 5.32 Å². The van der Waals surface area contributed by atoms with E-state index >= 15 is 0 Å². The number of benzene rings is 2. The predicted molar refractivity (Wildman–Crippen MR) is 89.8 cm³/mol. The van der Waals surface area contributed by atoms with Crippen LogP contribution in [0.15, 0.2) is 53.4 Å². The number of halogens is 2. The molecule has 2 aromatic rings. The molecule has 1 amide bonds. The summed E-state index contributed by atoms with van der Waals surface area (Å²) < 4.78 is 12.9. The van der Waals surface area contributed by atoms with Gasteiger partial charge in [0.1, 0.15) is 5.82 Å². The number of hydrogen-bond donors (Lipinski definition) is 1. The van der Waals surface area contributed by atoms with Crippen molar-refractivity contribution in [1.29, 1.82) is 0 Å². The Morgan fingerprint density at radius 3 is 2.45 bits per heavy atom. The highest BCUT2D eigenvalue weighted by atomic mass is 35.5. The van der Waals surface area contributed by atoms with E-state index in [1.165, 1.54) is 12.1 Å². The first kappa shape index (κ1) is 16.8. The SMILES string of the molecule is C[C@H](NC(=O)CCSc1ccc(Cl)cc1)c1ccc(F)cc1. The average molecular weight is 338 g/mol. The molecule has 0 saturated heterocycles. The highest BCUT2D eigenvalue weighted by molar-refractivity contribution is 7.99. The van der Waals surface area contributed by atoms with Crippen LogP contribution in [-0.2, 0) is 4.79 Å². The Hall–Kier alpha value is -1.52. The van der Waals surface area contributed by atoms with Crippen LogP contribution in [0.1, 0.15) is 24.9 Å². The maximum absolute atomic E-state index is 12.9. The van der Waals surface area contributed by atoms with Crippen molar-refractivity contribution >= 4 is 29.3 Å². The molecule has 0 bridgehead atoms. The number of hydrogen-bond acceptors (Lipinski definition) is 2. The molecule has 116 valence electrons. The molecule has 0 spiro atoms. The fourth-order valence-electron chi connectivity index (χ4n) is 1.94. The Labute approximate surface area is 139 Å². The van der Waals surface area contributed by atoms with Gasteiger partial charge in [-0.15, -0.1) is 11.8 Å². The minimum atomic E-state index is -0.276. The van der Waals surface area contributed by atoms with Gasteiger partial charge in [0.2, 0.25) is 5.91 Å². The lowest BCUT2D eigenvalue weighted by Gasteiger charge is -2.14. The molecule has 0 aliphatic rings. The van der Waals surface area contributed by atoms with Crippen molar-refractivity contribution in [3.05, 3.63) is 64.9 Å². The largest absolute Gasteiger partial charge is 0.350 e. The molecule has 0 aliphatic heterocycles. The van der Waals surface area contributed by atoms with Crippen LogP contribution in [0.4, 0.5) is 4.39 Å². The lowest BCUT2D eigenvalue weighted by Crippen LogP contribution is -2.26. The molecule has 0 saturated carbocycles. The molecule has 2 nitrogen and oxygen atoms in total. The van der Waals surface area contributed by atoms with Crippen LogP contribution in [0.3, 0.4) is 0 Å². The van der Waals surface area contributed by atoms with Gasteiger partial charge in [0, 0.05) is 22.1 Å². The molecule has 2 aromatic carbocycles. The Balaban J connectivity index is 1.75. The summed E-state index contributed by atoms with van der Waals surface area (Å²) in [5.41, 5.74) is 0.889. The Kier molecular flexibility index (Phi) is 6.28. The highest BCUT2D eigenvalue weighted by Crippen LogP contribution is 2.21. The lowest BCUT2D eigenvalue weighted by molar-refractivity contribution is -0.121. The third-order valence-corrected chi connectivity index (χ3v) is 4.42. The summed E-state index contributed by atoms with van der Waals surface area (Å²) >= 11 is 7.44. The smallest absolute Gasteiger partial charge is 0.221 e. The van der Waals surface area contributed by atoms with E-state index < -0.39 is 0 Å². The van der Waals surface area contributed by atoms with Gasteiger partial charge in [0.05, 0.1) is 6.04 Å². The van der Waals surface area contributed by atoms with E-state index in [0.717, 1.165) is 10.5 Å². The monoisotopic (exact) mass is 337 g/mol. The zero-order valence-corrected chi connectivity index (χ0v) is 13.8. The van der Waals surface area contributed by atoms with E-state index in [1.54, 1.807) is 23.9 Å². The summed E-state index contributed by atoms with van der Waals surface area (Å²) in [6.07, 6.45) is 0.429. The minimum absolute atomic E-state index is 0.0155. The molecular formula is C17H17ClFNOS. The van der Waals surface area contributed by atoms with Crippen LogP contribution in [-0.4, -0.2) is 11.7 Å². The van der Waals surface area contributed by atoms with Crippen LogP contribution in [0, 0.1) is 5.82 Å². The predicted octanol–water partition coefficient (Wildman–Crippen LogP) is 4.84. The van der Waals surface area contributed by atoms with Crippen LogP contribution in [0.5, 0.6) is 0 Å². The standard InChI is InChI=1S/C17H17ClFNOS/c1-12(13-2-6-15(19)7-3-13)20-17(21)10-11-22-16-8-4-14(18)5-9-16/h2-9,12H,10-11H2,1H3,(H,20,21)/t12-/m0/s1. The second-order valence-corrected chi connectivity index (χ2v) is 6.50. The molecule has 0 aromatic heterocycles. The lowest BCUT2D eigenvalue weighted by atomic mass is 10.1. The van der Waals surface area contributed by atoms with Crippen molar-refractivity contribution in [1.82, 2.24) is 5.32 Å². The van der Waals surface area contributed by atoms with Crippen molar-refractivity contribution in [2.45, 2.75) is 24.3 Å². The van der Waals surface area contributed by atoms with Crippen molar-refractivity contribution in [2.24, 2.45) is 0 Å². The molecule has 5 heteroatoms. The van der Waals surface area contributed by atoms with Gasteiger partial charge in [0.15, 0.2) is 0 Å². The number of amides is 1. The first-order valence-electron chi connectivity index (χ1n) is 6.98. The number of thioether (sulfide) groups is 1. The molecule has 0 fully saturated rings. The quantitative estimate of drug-likeness (QED) is 0.764. The summed E-state index contributed by atoms with van der Waals surface area (Å²) in [5.74, 6) is 0.406. The van der Waals surface area contributed by atoms with Crippen molar-refractivity contribution in [3.8, 4) is 0 Å². The molecular weight excluding hydrogens is 321 g/mol. The molecule has 0 heterocycles. The molecule has 2 rings (SSSR count). The zero-order valence-electron chi connectivity index (χ0n) is 12.2. The molecule has 1 atom stereocenters. The van der Waals surface area contributed by atoms with Gasteiger partial charge < -0.3 is 5.32 Å². The van der Waals surface area contributed by atoms with Crippen LogP contribution < -0.4 is 5.32 Å². The molecule has 0 unspecified atom stereocenters. The second kappa shape index (κ2) is 8.20. The van der Waals surface area contributed by atoms with Crippen LogP contribution in [0.25, 0.3) is 0 Å². The molecule has 0 aliphatic carbocycles. The number of rotatable bonds is 6. The molecule has 0 radical (unpaired) electrons. The average Bonchev–Trinajstić information content (AvgIpc) is 2.50. The second-order valence-electron chi connectivity index (χ2n) is 4.89. The molecule has 22 heavy (non-hydrogen) atoms. The topological polar surface area (TPSA) is 29.1 Å². The summed E-state index contributed by atoms with van der Waals surface area (Å²) in [4.78, 5) is 13.0. The Bertz CT molecular complexity index is 616. The van der Waals surface area contributed by atoms with E-state index in [1.807, 2.05) is 31.2 Å². The Morgan fingerprint density at radius 1 is 1.18 bits per heavy atom. The minimum Gasteiger partial charge on any atom is -0.350 e. The number of carbonyl (C=O) groups excluding carboxylic acids is 1. The van der Waals surface area contributed by atoms with Crippen LogP contribution >= 0.6 is 23.4 Å². The maximum Gasteiger partial charge on any atom is 0.221 e. The fourth-order valence-corrected chi connectivity index (χ4v) is 2.92. The highest BCUT2D eigenvalue weighted by Gasteiger charge is 2.09. The van der Waals surface area contributed by atoms with Gasteiger partial charge >= 0.3 is 0 Å². The van der Waals surface area contributed by atoms with E-state index in [4.69, 9.17) is 11.6 Å². The van der Waals surface area contributed by atoms with Gasteiger partial charge in [-0.3, -0.25) is 4.79 Å². The van der Waals surface area contributed by atoms with Gasteiger partial charge in [0.25, 0.3) is 0 Å². The first-order chi connectivity index (χ1) is 10.5.